The van der Waals surface area contributed by atoms with Crippen LogP contribution in [0.5, 0.6) is 5.75 Å². The predicted octanol–water partition coefficient (Wildman–Crippen LogP) is 3.19. The summed E-state index contributed by atoms with van der Waals surface area (Å²) in [6.45, 7) is 1.70. The van der Waals surface area contributed by atoms with Crippen LogP contribution in [-0.4, -0.2) is 12.0 Å². The third-order valence-corrected chi connectivity index (χ3v) is 2.95. The maximum Gasteiger partial charge on any atom is 0.261 e. The van der Waals surface area contributed by atoms with Gasteiger partial charge in [-0.1, -0.05) is 12.1 Å². The molecule has 0 unspecified atom stereocenters. The van der Waals surface area contributed by atoms with Crippen molar-refractivity contribution in [3.05, 3.63) is 65.5 Å². The SMILES string of the molecule is C[C@@H](Oc1ccc(F)c(F)c1)C(=O)NCc1ccc(F)cc1. The predicted molar refractivity (Wildman–Crippen MR) is 74.7 cm³/mol. The first-order valence-corrected chi connectivity index (χ1v) is 6.59. The number of benzene rings is 2. The van der Waals surface area contributed by atoms with Crippen molar-refractivity contribution in [3.63, 3.8) is 0 Å². The van der Waals surface area contributed by atoms with E-state index < -0.39 is 23.6 Å². The Morgan fingerprint density at radius 2 is 1.77 bits per heavy atom. The van der Waals surface area contributed by atoms with Crippen molar-refractivity contribution < 1.29 is 22.7 Å². The maximum atomic E-state index is 13.0. The van der Waals surface area contributed by atoms with Crippen LogP contribution < -0.4 is 10.1 Å². The van der Waals surface area contributed by atoms with E-state index in [1.54, 1.807) is 12.1 Å². The quantitative estimate of drug-likeness (QED) is 0.921. The fourth-order valence-electron chi connectivity index (χ4n) is 1.74. The number of hydrogen-bond acceptors (Lipinski definition) is 2. The minimum atomic E-state index is -1.04. The van der Waals surface area contributed by atoms with Crippen molar-refractivity contribution >= 4 is 5.91 Å². The molecule has 0 fully saturated rings. The standard InChI is InChI=1S/C16H14F3NO2/c1-10(22-13-6-7-14(18)15(19)8-13)16(21)20-9-11-2-4-12(17)5-3-11/h2-8,10H,9H2,1H3,(H,20,21)/t10-/m1/s1. The summed E-state index contributed by atoms with van der Waals surface area (Å²) >= 11 is 0. The zero-order valence-electron chi connectivity index (χ0n) is 11.8. The molecule has 2 rings (SSSR count). The summed E-state index contributed by atoms with van der Waals surface area (Å²) in [6, 6.07) is 8.73. The maximum absolute atomic E-state index is 13.0. The van der Waals surface area contributed by atoms with Gasteiger partial charge in [0.1, 0.15) is 11.6 Å². The highest BCUT2D eigenvalue weighted by Gasteiger charge is 2.15. The second kappa shape index (κ2) is 6.98. The molecule has 0 heterocycles. The zero-order valence-corrected chi connectivity index (χ0v) is 11.8. The molecule has 0 aromatic heterocycles. The average molecular weight is 309 g/mol. The molecular formula is C16H14F3NO2. The number of halogens is 3. The number of hydrogen-bond donors (Lipinski definition) is 1. The van der Waals surface area contributed by atoms with E-state index in [0.717, 1.165) is 17.7 Å². The number of nitrogens with one attached hydrogen (secondary N) is 1. The molecule has 22 heavy (non-hydrogen) atoms. The minimum absolute atomic E-state index is 0.0586. The number of ether oxygens (including phenoxy) is 1. The lowest BCUT2D eigenvalue weighted by Gasteiger charge is -2.15. The Morgan fingerprint density at radius 3 is 2.41 bits per heavy atom. The van der Waals surface area contributed by atoms with Gasteiger partial charge >= 0.3 is 0 Å². The van der Waals surface area contributed by atoms with Crippen molar-refractivity contribution in [2.75, 3.05) is 0 Å². The second-order valence-corrected chi connectivity index (χ2v) is 4.68. The molecule has 0 bridgehead atoms. The molecule has 2 aromatic carbocycles. The van der Waals surface area contributed by atoms with Gasteiger partial charge in [0.05, 0.1) is 0 Å². The molecule has 1 N–H and O–H groups in total. The summed E-state index contributed by atoms with van der Waals surface area (Å²) in [6.07, 6.45) is -0.884. The highest BCUT2D eigenvalue weighted by Crippen LogP contribution is 2.16. The van der Waals surface area contributed by atoms with Crippen molar-refractivity contribution in [3.8, 4) is 5.75 Å². The van der Waals surface area contributed by atoms with E-state index in [0.29, 0.717) is 0 Å². The summed E-state index contributed by atoms with van der Waals surface area (Å²) in [5.74, 6) is -2.75. The summed E-state index contributed by atoms with van der Waals surface area (Å²) in [4.78, 5) is 11.9. The van der Waals surface area contributed by atoms with E-state index in [1.807, 2.05) is 0 Å². The van der Waals surface area contributed by atoms with Crippen LogP contribution in [0.1, 0.15) is 12.5 Å². The van der Waals surface area contributed by atoms with Crippen LogP contribution in [0.15, 0.2) is 42.5 Å². The number of rotatable bonds is 5. The number of carbonyl (C=O) groups excluding carboxylic acids is 1. The van der Waals surface area contributed by atoms with Crippen LogP contribution in [0, 0.1) is 17.5 Å². The van der Waals surface area contributed by atoms with Crippen LogP contribution in [0.4, 0.5) is 13.2 Å². The van der Waals surface area contributed by atoms with Crippen LogP contribution in [0.2, 0.25) is 0 Å². The highest BCUT2D eigenvalue weighted by molar-refractivity contribution is 5.80. The Balaban J connectivity index is 1.88. The second-order valence-electron chi connectivity index (χ2n) is 4.68. The van der Waals surface area contributed by atoms with Gasteiger partial charge in [0, 0.05) is 12.6 Å². The van der Waals surface area contributed by atoms with Gasteiger partial charge in [0.15, 0.2) is 17.7 Å². The fourth-order valence-corrected chi connectivity index (χ4v) is 1.74. The molecule has 0 aliphatic rings. The average Bonchev–Trinajstić information content (AvgIpc) is 2.50. The Kier molecular flexibility index (Phi) is 5.04. The van der Waals surface area contributed by atoms with Crippen molar-refractivity contribution in [2.24, 2.45) is 0 Å². The molecule has 1 atom stereocenters. The molecule has 0 saturated carbocycles. The van der Waals surface area contributed by atoms with Crippen molar-refractivity contribution in [1.29, 1.82) is 0 Å². The highest BCUT2D eigenvalue weighted by atomic mass is 19.2. The molecule has 2 aromatic rings. The molecule has 116 valence electrons. The number of carbonyl (C=O) groups is 1. The van der Waals surface area contributed by atoms with Gasteiger partial charge < -0.3 is 10.1 Å². The van der Waals surface area contributed by atoms with Gasteiger partial charge in [-0.3, -0.25) is 4.79 Å². The third kappa shape index (κ3) is 4.25. The molecule has 0 saturated heterocycles. The van der Waals surface area contributed by atoms with Gasteiger partial charge in [-0.2, -0.15) is 0 Å². The van der Waals surface area contributed by atoms with Crippen molar-refractivity contribution in [1.82, 2.24) is 5.32 Å². The van der Waals surface area contributed by atoms with E-state index in [4.69, 9.17) is 4.74 Å². The van der Waals surface area contributed by atoms with Gasteiger partial charge in [0.2, 0.25) is 0 Å². The summed E-state index contributed by atoms with van der Waals surface area (Å²) in [5.41, 5.74) is 0.731. The van der Waals surface area contributed by atoms with Crippen LogP contribution in [-0.2, 0) is 11.3 Å². The smallest absolute Gasteiger partial charge is 0.261 e. The van der Waals surface area contributed by atoms with E-state index in [1.165, 1.54) is 25.1 Å². The van der Waals surface area contributed by atoms with E-state index in [-0.39, 0.29) is 18.1 Å². The lowest BCUT2D eigenvalue weighted by molar-refractivity contribution is -0.127. The monoisotopic (exact) mass is 309 g/mol. The van der Waals surface area contributed by atoms with E-state index in [9.17, 15) is 18.0 Å². The molecule has 0 aliphatic carbocycles. The molecule has 3 nitrogen and oxygen atoms in total. The van der Waals surface area contributed by atoms with Crippen LogP contribution >= 0.6 is 0 Å². The van der Waals surface area contributed by atoms with Gasteiger partial charge in [0.25, 0.3) is 5.91 Å². The van der Waals surface area contributed by atoms with Gasteiger partial charge in [-0.15, -0.1) is 0 Å². The first-order valence-electron chi connectivity index (χ1n) is 6.59. The zero-order chi connectivity index (χ0) is 16.1. The van der Waals surface area contributed by atoms with Crippen molar-refractivity contribution in [2.45, 2.75) is 19.6 Å². The molecule has 0 radical (unpaired) electrons. The van der Waals surface area contributed by atoms with Gasteiger partial charge in [-0.05, 0) is 36.8 Å². The molecule has 6 heteroatoms. The topological polar surface area (TPSA) is 38.3 Å². The Bertz CT molecular complexity index is 659. The van der Waals surface area contributed by atoms with Crippen LogP contribution in [0.25, 0.3) is 0 Å². The lowest BCUT2D eigenvalue weighted by atomic mass is 10.2. The molecular weight excluding hydrogens is 295 g/mol. The first-order chi connectivity index (χ1) is 10.5. The lowest BCUT2D eigenvalue weighted by Crippen LogP contribution is -2.35. The molecule has 0 spiro atoms. The van der Waals surface area contributed by atoms with E-state index >= 15 is 0 Å². The Morgan fingerprint density at radius 1 is 1.09 bits per heavy atom. The minimum Gasteiger partial charge on any atom is -0.481 e. The largest absolute Gasteiger partial charge is 0.481 e. The summed E-state index contributed by atoms with van der Waals surface area (Å²) < 4.78 is 43.8. The van der Waals surface area contributed by atoms with E-state index in [2.05, 4.69) is 5.32 Å². The normalized spacial score (nSPS) is 11.8. The fraction of sp³-hybridized carbons (Fsp3) is 0.188. The van der Waals surface area contributed by atoms with Gasteiger partial charge in [-0.25, -0.2) is 13.2 Å². The summed E-state index contributed by atoms with van der Waals surface area (Å²) in [5, 5.41) is 2.61. The number of amides is 1. The third-order valence-electron chi connectivity index (χ3n) is 2.95. The summed E-state index contributed by atoms with van der Waals surface area (Å²) in [7, 11) is 0. The first kappa shape index (κ1) is 15.9. The Hall–Kier alpha value is -2.50. The molecule has 1 amide bonds. The van der Waals surface area contributed by atoms with Crippen LogP contribution in [0.3, 0.4) is 0 Å². The Labute approximate surface area is 125 Å². The molecule has 0 aliphatic heterocycles.